The number of ether oxygens (including phenoxy) is 1. The van der Waals surface area contributed by atoms with Crippen LogP contribution in [0.25, 0.3) is 17.0 Å². The molecule has 0 bridgehead atoms. The van der Waals surface area contributed by atoms with Crippen molar-refractivity contribution in [3.8, 4) is 0 Å². The maximum atomic E-state index is 13.0. The van der Waals surface area contributed by atoms with Gasteiger partial charge in [-0.15, -0.1) is 0 Å². The number of hydrogen-bond donors (Lipinski definition) is 0. The van der Waals surface area contributed by atoms with E-state index < -0.39 is 0 Å². The van der Waals surface area contributed by atoms with Gasteiger partial charge in [-0.25, -0.2) is 4.98 Å². The van der Waals surface area contributed by atoms with E-state index in [1.165, 1.54) is 5.56 Å². The van der Waals surface area contributed by atoms with Crippen LogP contribution in [0, 0.1) is 0 Å². The van der Waals surface area contributed by atoms with Crippen molar-refractivity contribution in [2.75, 3.05) is 12.4 Å². The summed E-state index contributed by atoms with van der Waals surface area (Å²) in [5.41, 5.74) is 1.94. The third-order valence-corrected chi connectivity index (χ3v) is 5.58. The SMILES string of the molecule is O=c1c2ccccc2nc(SC/C=C/c2ccccc2)n1CC1CCCO1. The van der Waals surface area contributed by atoms with E-state index in [1.54, 1.807) is 16.3 Å². The fraction of sp³-hybridized carbons (Fsp3) is 0.273. The minimum Gasteiger partial charge on any atom is -0.376 e. The van der Waals surface area contributed by atoms with Gasteiger partial charge >= 0.3 is 0 Å². The average Bonchev–Trinajstić information content (AvgIpc) is 3.22. The van der Waals surface area contributed by atoms with Gasteiger partial charge in [-0.1, -0.05) is 66.4 Å². The molecule has 0 aliphatic carbocycles. The van der Waals surface area contributed by atoms with Gasteiger partial charge in [0.05, 0.1) is 23.6 Å². The lowest BCUT2D eigenvalue weighted by atomic mass is 10.2. The lowest BCUT2D eigenvalue weighted by Gasteiger charge is -2.16. The Kier molecular flexibility index (Phi) is 5.70. The second-order valence-corrected chi connectivity index (χ2v) is 7.57. The third-order valence-electron chi connectivity index (χ3n) is 4.66. The second-order valence-electron chi connectivity index (χ2n) is 6.59. The summed E-state index contributed by atoms with van der Waals surface area (Å²) in [6, 6.07) is 17.8. The molecule has 4 rings (SSSR count). The molecule has 5 heteroatoms. The number of hydrogen-bond acceptors (Lipinski definition) is 4. The van der Waals surface area contributed by atoms with Crippen LogP contribution >= 0.6 is 11.8 Å². The predicted octanol–water partition coefficient (Wildman–Crippen LogP) is 4.38. The second kappa shape index (κ2) is 8.55. The van der Waals surface area contributed by atoms with Gasteiger partial charge in [0, 0.05) is 12.4 Å². The zero-order valence-electron chi connectivity index (χ0n) is 15.1. The monoisotopic (exact) mass is 378 g/mol. The Morgan fingerprint density at radius 3 is 2.78 bits per heavy atom. The van der Waals surface area contributed by atoms with Crippen molar-refractivity contribution in [3.05, 3.63) is 76.6 Å². The summed E-state index contributed by atoms with van der Waals surface area (Å²) in [5, 5.41) is 1.42. The van der Waals surface area contributed by atoms with Crippen molar-refractivity contribution >= 4 is 28.7 Å². The summed E-state index contributed by atoms with van der Waals surface area (Å²) < 4.78 is 7.54. The van der Waals surface area contributed by atoms with Crippen LogP contribution in [0.5, 0.6) is 0 Å². The van der Waals surface area contributed by atoms with Crippen LogP contribution < -0.4 is 5.56 Å². The minimum atomic E-state index is 0.0191. The van der Waals surface area contributed by atoms with E-state index in [2.05, 4.69) is 24.3 Å². The molecule has 1 saturated heterocycles. The summed E-state index contributed by atoms with van der Waals surface area (Å²) in [6.07, 6.45) is 6.36. The molecule has 0 amide bonds. The fourth-order valence-electron chi connectivity index (χ4n) is 3.28. The molecule has 1 unspecified atom stereocenters. The topological polar surface area (TPSA) is 44.1 Å². The van der Waals surface area contributed by atoms with E-state index in [0.717, 1.165) is 35.9 Å². The standard InChI is InChI=1S/C22H22N2O2S/c25-21-19-12-4-5-13-20(19)23-22(24(21)16-18-11-6-14-26-18)27-15-7-10-17-8-2-1-3-9-17/h1-5,7-10,12-13,18H,6,11,14-16H2/b10-7+. The molecule has 4 nitrogen and oxygen atoms in total. The number of nitrogens with zero attached hydrogens (tertiary/aromatic N) is 2. The molecular weight excluding hydrogens is 356 g/mol. The maximum Gasteiger partial charge on any atom is 0.262 e. The molecule has 3 aromatic rings. The van der Waals surface area contributed by atoms with Crippen LogP contribution in [0.4, 0.5) is 0 Å². The molecule has 2 heterocycles. The quantitative estimate of drug-likeness (QED) is 0.472. The lowest BCUT2D eigenvalue weighted by molar-refractivity contribution is 0.0937. The number of aromatic nitrogens is 2. The van der Waals surface area contributed by atoms with E-state index >= 15 is 0 Å². The van der Waals surface area contributed by atoms with Crippen LogP contribution in [0.15, 0.2) is 70.6 Å². The molecule has 138 valence electrons. The van der Waals surface area contributed by atoms with Crippen molar-refractivity contribution in [1.82, 2.24) is 9.55 Å². The zero-order chi connectivity index (χ0) is 18.5. The molecule has 1 aromatic heterocycles. The molecule has 2 aromatic carbocycles. The van der Waals surface area contributed by atoms with Crippen molar-refractivity contribution in [2.24, 2.45) is 0 Å². The van der Waals surface area contributed by atoms with Gasteiger partial charge in [-0.2, -0.15) is 0 Å². The van der Waals surface area contributed by atoms with Gasteiger partial charge in [0.25, 0.3) is 5.56 Å². The van der Waals surface area contributed by atoms with Crippen LogP contribution in [-0.2, 0) is 11.3 Å². The molecular formula is C22H22N2O2S. The number of para-hydroxylation sites is 1. The normalized spacial score (nSPS) is 17.1. The summed E-state index contributed by atoms with van der Waals surface area (Å²) in [4.78, 5) is 17.8. The zero-order valence-corrected chi connectivity index (χ0v) is 15.9. The number of benzene rings is 2. The average molecular weight is 378 g/mol. The Balaban J connectivity index is 1.59. The van der Waals surface area contributed by atoms with E-state index in [0.29, 0.717) is 11.9 Å². The van der Waals surface area contributed by atoms with Crippen LogP contribution in [-0.4, -0.2) is 28.0 Å². The Morgan fingerprint density at radius 1 is 1.15 bits per heavy atom. The highest BCUT2D eigenvalue weighted by atomic mass is 32.2. The molecule has 0 spiro atoms. The van der Waals surface area contributed by atoms with Crippen molar-refractivity contribution in [3.63, 3.8) is 0 Å². The highest BCUT2D eigenvalue weighted by Crippen LogP contribution is 2.21. The van der Waals surface area contributed by atoms with E-state index in [9.17, 15) is 4.79 Å². The fourth-order valence-corrected chi connectivity index (χ4v) is 4.10. The Hall–Kier alpha value is -2.37. The van der Waals surface area contributed by atoms with Gasteiger partial charge in [0.2, 0.25) is 0 Å². The summed E-state index contributed by atoms with van der Waals surface area (Å²) >= 11 is 1.59. The van der Waals surface area contributed by atoms with Crippen molar-refractivity contribution in [1.29, 1.82) is 0 Å². The summed E-state index contributed by atoms with van der Waals surface area (Å²) in [6.45, 7) is 1.35. The molecule has 1 aliphatic rings. The molecule has 1 aliphatic heterocycles. The van der Waals surface area contributed by atoms with Crippen LogP contribution in [0.3, 0.4) is 0 Å². The largest absolute Gasteiger partial charge is 0.376 e. The first-order chi connectivity index (χ1) is 13.3. The molecule has 0 radical (unpaired) electrons. The highest BCUT2D eigenvalue weighted by molar-refractivity contribution is 7.99. The molecule has 27 heavy (non-hydrogen) atoms. The van der Waals surface area contributed by atoms with E-state index in [1.807, 2.05) is 42.5 Å². The van der Waals surface area contributed by atoms with E-state index in [-0.39, 0.29) is 11.7 Å². The predicted molar refractivity (Wildman–Crippen MR) is 111 cm³/mol. The van der Waals surface area contributed by atoms with Gasteiger partial charge in [-0.05, 0) is 30.5 Å². The van der Waals surface area contributed by atoms with Gasteiger partial charge in [0.1, 0.15) is 0 Å². The first-order valence-corrected chi connectivity index (χ1v) is 10.3. The molecule has 1 atom stereocenters. The van der Waals surface area contributed by atoms with Gasteiger partial charge in [-0.3, -0.25) is 9.36 Å². The first kappa shape index (κ1) is 18.0. The summed E-state index contributed by atoms with van der Waals surface area (Å²) in [5.74, 6) is 0.755. The Labute approximate surface area is 162 Å². The third kappa shape index (κ3) is 4.31. The van der Waals surface area contributed by atoms with Crippen LogP contribution in [0.1, 0.15) is 18.4 Å². The molecule has 1 fully saturated rings. The summed E-state index contributed by atoms with van der Waals surface area (Å²) in [7, 11) is 0. The molecule has 0 N–H and O–H groups in total. The van der Waals surface area contributed by atoms with E-state index in [4.69, 9.17) is 9.72 Å². The smallest absolute Gasteiger partial charge is 0.262 e. The Bertz CT molecular complexity index is 992. The lowest BCUT2D eigenvalue weighted by Crippen LogP contribution is -2.28. The number of rotatable bonds is 6. The van der Waals surface area contributed by atoms with Crippen molar-refractivity contribution in [2.45, 2.75) is 30.6 Å². The van der Waals surface area contributed by atoms with Gasteiger partial charge < -0.3 is 4.74 Å². The Morgan fingerprint density at radius 2 is 1.96 bits per heavy atom. The first-order valence-electron chi connectivity index (χ1n) is 9.27. The number of fused-ring (bicyclic) bond motifs is 1. The van der Waals surface area contributed by atoms with Crippen LogP contribution in [0.2, 0.25) is 0 Å². The minimum absolute atomic E-state index is 0.0191. The van der Waals surface area contributed by atoms with Crippen molar-refractivity contribution < 1.29 is 4.74 Å². The molecule has 0 saturated carbocycles. The number of thioether (sulfide) groups is 1. The van der Waals surface area contributed by atoms with Gasteiger partial charge in [0.15, 0.2) is 5.16 Å². The highest BCUT2D eigenvalue weighted by Gasteiger charge is 2.19. The maximum absolute atomic E-state index is 13.0.